The molecule has 0 saturated heterocycles. The number of ether oxygens (including phenoxy) is 1. The number of rotatable bonds is 4. The molecule has 0 aliphatic rings. The number of esters is 1. The molecule has 22 heavy (non-hydrogen) atoms. The third kappa shape index (κ3) is 3.24. The summed E-state index contributed by atoms with van der Waals surface area (Å²) < 4.78 is 4.99. The Bertz CT molecular complexity index is 741. The molecule has 4 nitrogen and oxygen atoms in total. The normalized spacial score (nSPS) is 10.3. The first-order valence-electron chi connectivity index (χ1n) is 6.44. The lowest BCUT2D eigenvalue weighted by Gasteiger charge is -2.13. The van der Waals surface area contributed by atoms with Crippen molar-refractivity contribution in [2.24, 2.45) is 0 Å². The molecule has 2 rings (SSSR count). The highest BCUT2D eigenvalue weighted by atomic mass is 35.5. The lowest BCUT2D eigenvalue weighted by Crippen LogP contribution is -2.10. The molecule has 0 fully saturated rings. The first-order chi connectivity index (χ1) is 10.5. The summed E-state index contributed by atoms with van der Waals surface area (Å²) in [5.41, 5.74) is 0.739. The molecule has 0 spiro atoms. The zero-order valence-corrected chi connectivity index (χ0v) is 13.1. The van der Waals surface area contributed by atoms with Crippen LogP contribution in [0.15, 0.2) is 36.4 Å². The Balaban J connectivity index is 2.75. The van der Waals surface area contributed by atoms with Gasteiger partial charge in [-0.15, -0.1) is 0 Å². The molecule has 114 valence electrons. The van der Waals surface area contributed by atoms with Gasteiger partial charge in [0.25, 0.3) is 0 Å². The van der Waals surface area contributed by atoms with Crippen molar-refractivity contribution in [3.05, 3.63) is 57.6 Å². The Morgan fingerprint density at radius 1 is 1.14 bits per heavy atom. The van der Waals surface area contributed by atoms with E-state index < -0.39 is 11.9 Å². The molecule has 0 amide bonds. The lowest BCUT2D eigenvalue weighted by molar-refractivity contribution is 0.0527. The maximum absolute atomic E-state index is 12.1. The Hall–Kier alpha value is -2.04. The second-order valence-electron chi connectivity index (χ2n) is 4.38. The molecular formula is C16H12Cl2O4. The Kier molecular flexibility index (Phi) is 5.06. The number of halogens is 2. The zero-order chi connectivity index (χ0) is 16.3. The second kappa shape index (κ2) is 6.81. The van der Waals surface area contributed by atoms with Crippen LogP contribution in [0.5, 0.6) is 0 Å². The molecule has 0 unspecified atom stereocenters. The van der Waals surface area contributed by atoms with Crippen LogP contribution in [-0.4, -0.2) is 23.7 Å². The van der Waals surface area contributed by atoms with Crippen LogP contribution >= 0.6 is 23.2 Å². The van der Waals surface area contributed by atoms with Crippen LogP contribution in [-0.2, 0) is 4.74 Å². The van der Waals surface area contributed by atoms with Gasteiger partial charge in [0, 0.05) is 21.2 Å². The van der Waals surface area contributed by atoms with Gasteiger partial charge in [-0.1, -0.05) is 35.3 Å². The fourth-order valence-corrected chi connectivity index (χ4v) is 2.59. The van der Waals surface area contributed by atoms with Crippen molar-refractivity contribution in [2.75, 3.05) is 6.61 Å². The number of benzene rings is 2. The molecule has 2 aromatic carbocycles. The van der Waals surface area contributed by atoms with Crippen molar-refractivity contribution in [1.29, 1.82) is 0 Å². The Morgan fingerprint density at radius 3 is 2.41 bits per heavy atom. The average Bonchev–Trinajstić information content (AvgIpc) is 2.47. The molecule has 0 aliphatic heterocycles. The van der Waals surface area contributed by atoms with Crippen molar-refractivity contribution < 1.29 is 19.4 Å². The molecule has 0 saturated carbocycles. The van der Waals surface area contributed by atoms with E-state index in [1.165, 1.54) is 24.3 Å². The number of hydrogen-bond acceptors (Lipinski definition) is 3. The Labute approximate surface area is 137 Å². The van der Waals surface area contributed by atoms with Crippen molar-refractivity contribution in [2.45, 2.75) is 6.92 Å². The first kappa shape index (κ1) is 16.3. The van der Waals surface area contributed by atoms with Crippen molar-refractivity contribution >= 4 is 35.1 Å². The number of aromatic carboxylic acids is 1. The number of carbonyl (C=O) groups excluding carboxylic acids is 1. The second-order valence-corrected chi connectivity index (χ2v) is 5.22. The van der Waals surface area contributed by atoms with Crippen LogP contribution < -0.4 is 0 Å². The van der Waals surface area contributed by atoms with E-state index >= 15 is 0 Å². The third-order valence-corrected chi connectivity index (χ3v) is 3.54. The van der Waals surface area contributed by atoms with E-state index in [2.05, 4.69) is 0 Å². The van der Waals surface area contributed by atoms with Gasteiger partial charge in [0.05, 0.1) is 17.7 Å². The summed E-state index contributed by atoms with van der Waals surface area (Å²) in [5, 5.41) is 10.1. The highest BCUT2D eigenvalue weighted by Gasteiger charge is 2.22. The van der Waals surface area contributed by atoms with Crippen LogP contribution in [0.3, 0.4) is 0 Å². The number of carboxylic acids is 1. The molecule has 6 heteroatoms. The maximum Gasteiger partial charge on any atom is 0.338 e. The molecule has 0 heterocycles. The molecule has 1 N–H and O–H groups in total. The van der Waals surface area contributed by atoms with Gasteiger partial charge in [-0.3, -0.25) is 0 Å². The van der Waals surface area contributed by atoms with Gasteiger partial charge in [0.1, 0.15) is 0 Å². The summed E-state index contributed by atoms with van der Waals surface area (Å²) >= 11 is 12.0. The smallest absolute Gasteiger partial charge is 0.338 e. The van der Waals surface area contributed by atoms with Gasteiger partial charge in [-0.25, -0.2) is 9.59 Å². The van der Waals surface area contributed by atoms with E-state index in [1.54, 1.807) is 19.1 Å². The summed E-state index contributed by atoms with van der Waals surface area (Å²) in [4.78, 5) is 23.6. The fraction of sp³-hybridized carbons (Fsp3) is 0.125. The maximum atomic E-state index is 12.1. The summed E-state index contributed by atoms with van der Waals surface area (Å²) in [5.74, 6) is -1.77. The number of carboxylic acid groups (broad SMARTS) is 1. The van der Waals surface area contributed by atoms with Gasteiger partial charge in [0.15, 0.2) is 0 Å². The van der Waals surface area contributed by atoms with Gasteiger partial charge in [-0.2, -0.15) is 0 Å². The average molecular weight is 339 g/mol. The summed E-state index contributed by atoms with van der Waals surface area (Å²) in [6.45, 7) is 1.86. The SMILES string of the molecule is CCOC(=O)c1cccc(C(=O)O)c1-c1ccc(Cl)cc1Cl. The topological polar surface area (TPSA) is 63.6 Å². The van der Waals surface area contributed by atoms with Crippen LogP contribution in [0.1, 0.15) is 27.6 Å². The fourth-order valence-electron chi connectivity index (χ4n) is 2.09. The number of carbonyl (C=O) groups is 2. The van der Waals surface area contributed by atoms with Crippen molar-refractivity contribution in [1.82, 2.24) is 0 Å². The highest BCUT2D eigenvalue weighted by molar-refractivity contribution is 6.36. The van der Waals surface area contributed by atoms with Gasteiger partial charge < -0.3 is 9.84 Å². The Morgan fingerprint density at radius 2 is 1.82 bits per heavy atom. The summed E-state index contributed by atoms with van der Waals surface area (Å²) in [6.07, 6.45) is 0. The summed E-state index contributed by atoms with van der Waals surface area (Å²) in [6, 6.07) is 9.05. The molecular weight excluding hydrogens is 327 g/mol. The summed E-state index contributed by atoms with van der Waals surface area (Å²) in [7, 11) is 0. The highest BCUT2D eigenvalue weighted by Crippen LogP contribution is 2.35. The monoisotopic (exact) mass is 338 g/mol. The van der Waals surface area contributed by atoms with E-state index in [0.29, 0.717) is 10.6 Å². The quantitative estimate of drug-likeness (QED) is 0.831. The van der Waals surface area contributed by atoms with E-state index in [4.69, 9.17) is 27.9 Å². The van der Waals surface area contributed by atoms with Crippen LogP contribution in [0.4, 0.5) is 0 Å². The minimum atomic E-state index is -1.16. The predicted molar refractivity (Wildman–Crippen MR) is 84.8 cm³/mol. The van der Waals surface area contributed by atoms with Crippen LogP contribution in [0.2, 0.25) is 10.0 Å². The standard InChI is InChI=1S/C16H12Cl2O4/c1-2-22-16(21)12-5-3-4-11(15(19)20)14(12)10-7-6-9(17)8-13(10)18/h3-8H,2H2,1H3,(H,19,20). The van der Waals surface area contributed by atoms with Gasteiger partial charge in [-0.05, 0) is 31.2 Å². The molecule has 0 bridgehead atoms. The van der Waals surface area contributed by atoms with E-state index in [1.807, 2.05) is 0 Å². The first-order valence-corrected chi connectivity index (χ1v) is 7.20. The number of hydrogen-bond donors (Lipinski definition) is 1. The predicted octanol–water partition coefficient (Wildman–Crippen LogP) is 4.54. The van der Waals surface area contributed by atoms with E-state index in [9.17, 15) is 14.7 Å². The molecule has 0 atom stereocenters. The zero-order valence-electron chi connectivity index (χ0n) is 11.6. The largest absolute Gasteiger partial charge is 0.478 e. The van der Waals surface area contributed by atoms with Crippen LogP contribution in [0, 0.1) is 0 Å². The van der Waals surface area contributed by atoms with Crippen molar-refractivity contribution in [3.63, 3.8) is 0 Å². The minimum absolute atomic E-state index is 0.0326. The molecule has 2 aromatic rings. The lowest BCUT2D eigenvalue weighted by atomic mass is 9.94. The van der Waals surface area contributed by atoms with Crippen molar-refractivity contribution in [3.8, 4) is 11.1 Å². The minimum Gasteiger partial charge on any atom is -0.478 e. The van der Waals surface area contributed by atoms with E-state index in [0.717, 1.165) is 0 Å². The molecule has 0 aliphatic carbocycles. The third-order valence-electron chi connectivity index (χ3n) is 2.99. The van der Waals surface area contributed by atoms with Gasteiger partial charge in [0.2, 0.25) is 0 Å². The molecule has 0 aromatic heterocycles. The van der Waals surface area contributed by atoms with Gasteiger partial charge >= 0.3 is 11.9 Å². The van der Waals surface area contributed by atoms with Crippen LogP contribution in [0.25, 0.3) is 11.1 Å². The molecule has 0 radical (unpaired) electrons. The van der Waals surface area contributed by atoms with E-state index in [-0.39, 0.29) is 28.3 Å².